The molecule has 0 aliphatic heterocycles. The van der Waals surface area contributed by atoms with Crippen molar-refractivity contribution in [2.75, 3.05) is 19.3 Å². The summed E-state index contributed by atoms with van der Waals surface area (Å²) in [5.74, 6) is 1.72. The Kier molecular flexibility index (Phi) is 2.32. The zero-order chi connectivity index (χ0) is 11.1. The molecule has 1 atom stereocenters. The summed E-state index contributed by atoms with van der Waals surface area (Å²) in [5, 5.41) is 3.26. The zero-order valence-electron chi connectivity index (χ0n) is 9.66. The number of likely N-dealkylation sites (N-methyl/N-ethyl adjacent to an activating group) is 1. The second-order valence-corrected chi connectivity index (χ2v) is 4.89. The van der Waals surface area contributed by atoms with Crippen LogP contribution in [0.15, 0.2) is 0 Å². The number of nitrogen functional groups attached to an aromatic ring is 1. The molecule has 1 aromatic heterocycles. The SMILES string of the molecule is CNCC1CCc2nc(N)nc(C3CC3)c21. The van der Waals surface area contributed by atoms with Crippen molar-refractivity contribution in [1.82, 2.24) is 15.3 Å². The van der Waals surface area contributed by atoms with Gasteiger partial charge in [-0.05, 0) is 32.7 Å². The molecule has 4 nitrogen and oxygen atoms in total. The van der Waals surface area contributed by atoms with E-state index < -0.39 is 0 Å². The van der Waals surface area contributed by atoms with Gasteiger partial charge in [0.15, 0.2) is 0 Å². The monoisotopic (exact) mass is 218 g/mol. The fraction of sp³-hybridized carbons (Fsp3) is 0.667. The van der Waals surface area contributed by atoms with Crippen LogP contribution in [0.2, 0.25) is 0 Å². The van der Waals surface area contributed by atoms with Crippen molar-refractivity contribution in [1.29, 1.82) is 0 Å². The van der Waals surface area contributed by atoms with E-state index in [9.17, 15) is 0 Å². The molecule has 1 fully saturated rings. The lowest BCUT2D eigenvalue weighted by Crippen LogP contribution is -2.17. The Morgan fingerprint density at radius 2 is 2.12 bits per heavy atom. The molecule has 0 spiro atoms. The Morgan fingerprint density at radius 3 is 2.81 bits per heavy atom. The van der Waals surface area contributed by atoms with Crippen molar-refractivity contribution >= 4 is 5.95 Å². The molecule has 1 heterocycles. The molecule has 0 bridgehead atoms. The quantitative estimate of drug-likeness (QED) is 0.799. The lowest BCUT2D eigenvalue weighted by Gasteiger charge is -2.14. The molecular formula is C12H18N4. The third kappa shape index (κ3) is 1.57. The molecule has 0 amide bonds. The first-order valence-electron chi connectivity index (χ1n) is 6.10. The summed E-state index contributed by atoms with van der Waals surface area (Å²) in [6.07, 6.45) is 4.80. The molecule has 2 aliphatic rings. The molecule has 0 radical (unpaired) electrons. The molecule has 86 valence electrons. The second kappa shape index (κ2) is 3.70. The molecule has 3 rings (SSSR count). The van der Waals surface area contributed by atoms with Gasteiger partial charge in [-0.25, -0.2) is 9.97 Å². The molecule has 16 heavy (non-hydrogen) atoms. The predicted octanol–water partition coefficient (Wildman–Crippen LogP) is 1.19. The van der Waals surface area contributed by atoms with Gasteiger partial charge in [-0.3, -0.25) is 0 Å². The maximum absolute atomic E-state index is 5.78. The summed E-state index contributed by atoms with van der Waals surface area (Å²) in [4.78, 5) is 8.87. The summed E-state index contributed by atoms with van der Waals surface area (Å²) in [7, 11) is 2.01. The van der Waals surface area contributed by atoms with E-state index in [2.05, 4.69) is 15.3 Å². The van der Waals surface area contributed by atoms with Crippen LogP contribution >= 0.6 is 0 Å². The average molecular weight is 218 g/mol. The number of fused-ring (bicyclic) bond motifs is 1. The minimum Gasteiger partial charge on any atom is -0.368 e. The van der Waals surface area contributed by atoms with Crippen molar-refractivity contribution in [3.05, 3.63) is 17.0 Å². The minimum atomic E-state index is 0.464. The third-order valence-electron chi connectivity index (χ3n) is 3.62. The minimum absolute atomic E-state index is 0.464. The highest BCUT2D eigenvalue weighted by Crippen LogP contribution is 2.45. The number of rotatable bonds is 3. The van der Waals surface area contributed by atoms with Crippen LogP contribution in [0.1, 0.15) is 48.0 Å². The number of anilines is 1. The fourth-order valence-electron chi connectivity index (χ4n) is 2.76. The molecule has 1 unspecified atom stereocenters. The van der Waals surface area contributed by atoms with Gasteiger partial charge in [0, 0.05) is 29.6 Å². The van der Waals surface area contributed by atoms with Crippen molar-refractivity contribution < 1.29 is 0 Å². The first kappa shape index (κ1) is 10.0. The number of nitrogens with two attached hydrogens (primary N) is 1. The summed E-state index contributed by atoms with van der Waals surface area (Å²) >= 11 is 0. The van der Waals surface area contributed by atoms with Crippen LogP contribution in [0.25, 0.3) is 0 Å². The maximum Gasteiger partial charge on any atom is 0.220 e. The van der Waals surface area contributed by atoms with Gasteiger partial charge in [-0.1, -0.05) is 0 Å². The number of nitrogens with zero attached hydrogens (tertiary/aromatic N) is 2. The van der Waals surface area contributed by atoms with E-state index in [1.54, 1.807) is 0 Å². The van der Waals surface area contributed by atoms with Crippen LogP contribution in [0.3, 0.4) is 0 Å². The molecule has 1 saturated carbocycles. The van der Waals surface area contributed by atoms with E-state index >= 15 is 0 Å². The van der Waals surface area contributed by atoms with E-state index in [1.165, 1.54) is 36.2 Å². The van der Waals surface area contributed by atoms with E-state index in [4.69, 9.17) is 5.73 Å². The van der Waals surface area contributed by atoms with Gasteiger partial charge in [0.2, 0.25) is 5.95 Å². The normalized spacial score (nSPS) is 23.4. The third-order valence-corrected chi connectivity index (χ3v) is 3.62. The van der Waals surface area contributed by atoms with Crippen LogP contribution in [-0.4, -0.2) is 23.6 Å². The van der Waals surface area contributed by atoms with Crippen molar-refractivity contribution in [3.63, 3.8) is 0 Å². The number of hydrogen-bond donors (Lipinski definition) is 2. The van der Waals surface area contributed by atoms with E-state index in [0.717, 1.165) is 13.0 Å². The van der Waals surface area contributed by atoms with Crippen LogP contribution < -0.4 is 11.1 Å². The Bertz CT molecular complexity index is 412. The fourth-order valence-corrected chi connectivity index (χ4v) is 2.76. The summed E-state index contributed by atoms with van der Waals surface area (Å²) < 4.78 is 0. The number of aryl methyl sites for hydroxylation is 1. The largest absolute Gasteiger partial charge is 0.368 e. The van der Waals surface area contributed by atoms with E-state index in [0.29, 0.717) is 17.8 Å². The van der Waals surface area contributed by atoms with Crippen molar-refractivity contribution in [3.8, 4) is 0 Å². The first-order valence-corrected chi connectivity index (χ1v) is 6.10. The number of nitrogens with one attached hydrogen (secondary N) is 1. The number of aromatic nitrogens is 2. The zero-order valence-corrected chi connectivity index (χ0v) is 9.66. The summed E-state index contributed by atoms with van der Waals surface area (Å²) in [5.41, 5.74) is 9.64. The van der Waals surface area contributed by atoms with Crippen LogP contribution in [0, 0.1) is 0 Å². The summed E-state index contributed by atoms with van der Waals surface area (Å²) in [6.45, 7) is 1.03. The standard InChI is InChI=1S/C12H18N4/c1-14-6-8-4-5-9-10(8)11(7-2-3-7)16-12(13)15-9/h7-8,14H,2-6H2,1H3,(H2,13,15,16). The predicted molar refractivity (Wildman–Crippen MR) is 63.4 cm³/mol. The Morgan fingerprint density at radius 1 is 1.31 bits per heavy atom. The number of hydrogen-bond acceptors (Lipinski definition) is 4. The highest BCUT2D eigenvalue weighted by molar-refractivity contribution is 5.41. The van der Waals surface area contributed by atoms with Gasteiger partial charge in [0.05, 0.1) is 5.69 Å². The second-order valence-electron chi connectivity index (χ2n) is 4.89. The van der Waals surface area contributed by atoms with Crippen LogP contribution in [0.4, 0.5) is 5.95 Å². The first-order chi connectivity index (χ1) is 7.79. The topological polar surface area (TPSA) is 63.8 Å². The smallest absolute Gasteiger partial charge is 0.220 e. The molecule has 0 aromatic carbocycles. The lowest BCUT2D eigenvalue weighted by atomic mass is 9.99. The van der Waals surface area contributed by atoms with E-state index in [-0.39, 0.29) is 0 Å². The van der Waals surface area contributed by atoms with Crippen LogP contribution in [0.5, 0.6) is 0 Å². The molecule has 4 heteroatoms. The molecule has 2 aliphatic carbocycles. The van der Waals surface area contributed by atoms with Gasteiger partial charge in [-0.15, -0.1) is 0 Å². The Hall–Kier alpha value is -1.16. The Balaban J connectivity index is 2.04. The van der Waals surface area contributed by atoms with Crippen LogP contribution in [-0.2, 0) is 6.42 Å². The summed E-state index contributed by atoms with van der Waals surface area (Å²) in [6, 6.07) is 0. The highest BCUT2D eigenvalue weighted by Gasteiger charge is 2.35. The van der Waals surface area contributed by atoms with E-state index in [1.807, 2.05) is 7.05 Å². The van der Waals surface area contributed by atoms with Crippen molar-refractivity contribution in [2.45, 2.75) is 37.5 Å². The molecule has 1 aromatic rings. The highest BCUT2D eigenvalue weighted by atomic mass is 15.0. The maximum atomic E-state index is 5.78. The average Bonchev–Trinajstić information content (AvgIpc) is 3.02. The molecular weight excluding hydrogens is 200 g/mol. The Labute approximate surface area is 95.7 Å². The molecule has 0 saturated heterocycles. The molecule has 3 N–H and O–H groups in total. The van der Waals surface area contributed by atoms with Gasteiger partial charge in [0.25, 0.3) is 0 Å². The van der Waals surface area contributed by atoms with Gasteiger partial charge >= 0.3 is 0 Å². The van der Waals surface area contributed by atoms with Gasteiger partial charge in [0.1, 0.15) is 0 Å². The van der Waals surface area contributed by atoms with Gasteiger partial charge < -0.3 is 11.1 Å². The van der Waals surface area contributed by atoms with Gasteiger partial charge in [-0.2, -0.15) is 0 Å². The lowest BCUT2D eigenvalue weighted by molar-refractivity contribution is 0.617. The van der Waals surface area contributed by atoms with Crippen molar-refractivity contribution in [2.24, 2.45) is 0 Å².